The zero-order chi connectivity index (χ0) is 17.9. The molecule has 1 aliphatic rings. The highest BCUT2D eigenvalue weighted by molar-refractivity contribution is 5.85. The Morgan fingerprint density at radius 3 is 2.59 bits per heavy atom. The van der Waals surface area contributed by atoms with Gasteiger partial charge in [0.15, 0.2) is 5.82 Å². The lowest BCUT2D eigenvalue weighted by Crippen LogP contribution is -2.31. The van der Waals surface area contributed by atoms with Gasteiger partial charge in [0.1, 0.15) is 5.69 Å². The van der Waals surface area contributed by atoms with Crippen LogP contribution in [-0.2, 0) is 6.54 Å². The van der Waals surface area contributed by atoms with Crippen LogP contribution >= 0.6 is 12.4 Å². The van der Waals surface area contributed by atoms with E-state index in [1.807, 2.05) is 12.5 Å². The number of rotatable bonds is 6. The summed E-state index contributed by atoms with van der Waals surface area (Å²) in [6.45, 7) is 9.13. The Balaban J connectivity index is 0.00000210. The molecule has 0 N–H and O–H groups in total. The highest BCUT2D eigenvalue weighted by Gasteiger charge is 2.18. The maximum Gasteiger partial charge on any atom is 0.159 e. The minimum Gasteiger partial charge on any atom is -0.328 e. The largest absolute Gasteiger partial charge is 0.328 e. The van der Waals surface area contributed by atoms with E-state index in [9.17, 15) is 0 Å². The van der Waals surface area contributed by atoms with Gasteiger partial charge < -0.3 is 14.0 Å². The van der Waals surface area contributed by atoms with E-state index in [0.717, 1.165) is 30.0 Å². The van der Waals surface area contributed by atoms with Crippen molar-refractivity contribution in [3.63, 3.8) is 0 Å². The lowest BCUT2D eigenvalue weighted by molar-refractivity contribution is 0.223. The second kappa shape index (κ2) is 8.89. The van der Waals surface area contributed by atoms with Gasteiger partial charge in [0, 0.05) is 12.6 Å². The van der Waals surface area contributed by atoms with Crippen LogP contribution in [0.15, 0.2) is 36.8 Å². The van der Waals surface area contributed by atoms with Gasteiger partial charge in [-0.15, -0.1) is 12.4 Å². The van der Waals surface area contributed by atoms with Crippen LogP contribution in [0.3, 0.4) is 0 Å². The lowest BCUT2D eigenvalue weighted by atomic mass is 10.1. The molecule has 1 aromatic carbocycles. The molecule has 146 valence electrons. The number of aryl methyl sites for hydroxylation is 1. The molecule has 4 rings (SSSR count). The van der Waals surface area contributed by atoms with E-state index >= 15 is 0 Å². The van der Waals surface area contributed by atoms with Crippen molar-refractivity contribution >= 4 is 23.4 Å². The summed E-state index contributed by atoms with van der Waals surface area (Å²) < 4.78 is 4.59. The van der Waals surface area contributed by atoms with Crippen molar-refractivity contribution in [2.45, 2.75) is 52.1 Å². The lowest BCUT2D eigenvalue weighted by Gasteiger charge is -2.26. The number of hydrogen-bond donors (Lipinski definition) is 0. The summed E-state index contributed by atoms with van der Waals surface area (Å²) in [5, 5.41) is 0. The number of nitrogens with zero attached hydrogens (tertiary/aromatic N) is 5. The van der Waals surface area contributed by atoms with Crippen molar-refractivity contribution in [3.8, 4) is 11.5 Å². The zero-order valence-corrected chi connectivity index (χ0v) is 17.2. The van der Waals surface area contributed by atoms with Crippen molar-refractivity contribution in [1.82, 2.24) is 24.0 Å². The Bertz CT molecular complexity index is 860. The number of fused-ring (bicyclic) bond motifs is 1. The summed E-state index contributed by atoms with van der Waals surface area (Å²) in [4.78, 5) is 12.0. The highest BCUT2D eigenvalue weighted by Crippen LogP contribution is 2.28. The second-order valence-corrected chi connectivity index (χ2v) is 7.62. The first-order valence-corrected chi connectivity index (χ1v) is 9.94. The smallest absolute Gasteiger partial charge is 0.159 e. The number of halogens is 1. The van der Waals surface area contributed by atoms with Crippen molar-refractivity contribution in [3.05, 3.63) is 36.8 Å². The number of imidazole rings is 2. The fourth-order valence-corrected chi connectivity index (χ4v) is 4.08. The minimum atomic E-state index is 0. The molecule has 3 aromatic rings. The molecular weight excluding hydrogens is 358 g/mol. The van der Waals surface area contributed by atoms with Gasteiger partial charge in [-0.05, 0) is 64.9 Å². The molecule has 2 aromatic heterocycles. The summed E-state index contributed by atoms with van der Waals surface area (Å²) in [6.07, 6.45) is 9.18. The van der Waals surface area contributed by atoms with Crippen LogP contribution in [0.4, 0.5) is 0 Å². The van der Waals surface area contributed by atoms with Crippen molar-refractivity contribution in [2.75, 3.05) is 19.6 Å². The molecular formula is C21H30ClN5. The molecule has 0 saturated carbocycles. The molecule has 0 bridgehead atoms. The molecule has 0 unspecified atom stereocenters. The number of aromatic nitrogens is 4. The van der Waals surface area contributed by atoms with Crippen LogP contribution in [0.1, 0.15) is 45.6 Å². The van der Waals surface area contributed by atoms with Gasteiger partial charge in [-0.3, -0.25) is 0 Å². The van der Waals surface area contributed by atoms with Gasteiger partial charge in [-0.25, -0.2) is 9.97 Å². The first-order chi connectivity index (χ1) is 12.7. The van der Waals surface area contributed by atoms with E-state index in [0.29, 0.717) is 6.04 Å². The fraction of sp³-hybridized carbons (Fsp3) is 0.524. The Morgan fingerprint density at radius 2 is 1.81 bits per heavy atom. The van der Waals surface area contributed by atoms with Gasteiger partial charge >= 0.3 is 0 Å². The molecule has 3 heterocycles. The van der Waals surface area contributed by atoms with Crippen LogP contribution in [0.25, 0.3) is 22.6 Å². The maximum atomic E-state index is 4.93. The summed E-state index contributed by atoms with van der Waals surface area (Å²) in [6, 6.07) is 8.74. The summed E-state index contributed by atoms with van der Waals surface area (Å²) in [5.41, 5.74) is 3.37. The molecule has 1 fully saturated rings. The number of para-hydroxylation sites is 2. The Kier molecular flexibility index (Phi) is 6.55. The van der Waals surface area contributed by atoms with E-state index < -0.39 is 0 Å². The third-order valence-corrected chi connectivity index (χ3v) is 5.38. The van der Waals surface area contributed by atoms with Gasteiger partial charge in [0.25, 0.3) is 0 Å². The fourth-order valence-electron chi connectivity index (χ4n) is 4.08. The van der Waals surface area contributed by atoms with Crippen LogP contribution in [0, 0.1) is 0 Å². The maximum absolute atomic E-state index is 4.93. The van der Waals surface area contributed by atoms with Crippen LogP contribution in [0.5, 0.6) is 0 Å². The molecule has 0 spiro atoms. The van der Waals surface area contributed by atoms with Crippen molar-refractivity contribution < 1.29 is 0 Å². The third kappa shape index (κ3) is 4.19. The van der Waals surface area contributed by atoms with Gasteiger partial charge in [0.2, 0.25) is 0 Å². The van der Waals surface area contributed by atoms with Crippen LogP contribution < -0.4 is 0 Å². The van der Waals surface area contributed by atoms with E-state index in [2.05, 4.69) is 57.1 Å². The van der Waals surface area contributed by atoms with Crippen LogP contribution in [-0.4, -0.2) is 43.6 Å². The molecule has 0 atom stereocenters. The quantitative estimate of drug-likeness (QED) is 0.611. The molecule has 1 aliphatic heterocycles. The van der Waals surface area contributed by atoms with Crippen LogP contribution in [0.2, 0.25) is 0 Å². The summed E-state index contributed by atoms with van der Waals surface area (Å²) >= 11 is 0. The van der Waals surface area contributed by atoms with E-state index in [1.165, 1.54) is 44.4 Å². The predicted octanol–water partition coefficient (Wildman–Crippen LogP) is 4.78. The number of likely N-dealkylation sites (tertiary alicyclic amines) is 1. The molecule has 27 heavy (non-hydrogen) atoms. The topological polar surface area (TPSA) is 38.9 Å². The Labute approximate surface area is 167 Å². The molecule has 1 saturated heterocycles. The highest BCUT2D eigenvalue weighted by atomic mass is 35.5. The van der Waals surface area contributed by atoms with E-state index in [4.69, 9.17) is 4.98 Å². The van der Waals surface area contributed by atoms with Crippen molar-refractivity contribution in [1.29, 1.82) is 0 Å². The third-order valence-electron chi connectivity index (χ3n) is 5.38. The monoisotopic (exact) mass is 387 g/mol. The first kappa shape index (κ1) is 19.9. The van der Waals surface area contributed by atoms with E-state index in [-0.39, 0.29) is 12.4 Å². The molecule has 6 heteroatoms. The van der Waals surface area contributed by atoms with Gasteiger partial charge in [0.05, 0.1) is 23.6 Å². The standard InChI is InChI=1S/C21H29N5.ClH/c1-17(2)26-19-10-5-4-9-18(19)23-21(26)20-15-22-16-25(20)14-8-13-24-11-6-3-7-12-24;/h4-5,9-10,15-17H,3,6-8,11-14H2,1-2H3;1H. The Hall–Kier alpha value is -1.85. The summed E-state index contributed by atoms with van der Waals surface area (Å²) in [5.74, 6) is 1.02. The number of benzene rings is 1. The number of hydrogen-bond acceptors (Lipinski definition) is 3. The normalized spacial score (nSPS) is 15.4. The minimum absolute atomic E-state index is 0. The Morgan fingerprint density at radius 1 is 1.04 bits per heavy atom. The predicted molar refractivity (Wildman–Crippen MR) is 113 cm³/mol. The number of piperidine rings is 1. The average molecular weight is 388 g/mol. The SMILES string of the molecule is CC(C)n1c(-c2cncn2CCCN2CCCCC2)nc2ccccc21.Cl. The average Bonchev–Trinajstić information content (AvgIpc) is 3.26. The first-order valence-electron chi connectivity index (χ1n) is 9.94. The zero-order valence-electron chi connectivity index (χ0n) is 16.3. The van der Waals surface area contributed by atoms with Crippen molar-refractivity contribution in [2.24, 2.45) is 0 Å². The summed E-state index contributed by atoms with van der Waals surface area (Å²) in [7, 11) is 0. The molecule has 0 aliphatic carbocycles. The van der Waals surface area contributed by atoms with Gasteiger partial charge in [-0.2, -0.15) is 0 Å². The second-order valence-electron chi connectivity index (χ2n) is 7.62. The molecule has 5 nitrogen and oxygen atoms in total. The van der Waals surface area contributed by atoms with Gasteiger partial charge in [-0.1, -0.05) is 18.6 Å². The molecule has 0 radical (unpaired) electrons. The van der Waals surface area contributed by atoms with E-state index in [1.54, 1.807) is 0 Å². The molecule has 0 amide bonds.